The molecule has 0 unspecified atom stereocenters. The zero-order chi connectivity index (χ0) is 30.8. The first-order valence-electron chi connectivity index (χ1n) is 14.0. The average molecular weight is 577 g/mol. The van der Waals surface area contributed by atoms with Crippen LogP contribution in [0, 0.1) is 34.0 Å². The van der Waals surface area contributed by atoms with Gasteiger partial charge in [0.1, 0.15) is 24.4 Å². The minimum Gasteiger partial charge on any atom is -0.462 e. The van der Waals surface area contributed by atoms with Crippen LogP contribution in [0.15, 0.2) is 12.2 Å². The predicted octanol–water partition coefficient (Wildman–Crippen LogP) is 2.86. The van der Waals surface area contributed by atoms with Gasteiger partial charge in [0.15, 0.2) is 11.9 Å². The van der Waals surface area contributed by atoms with E-state index in [2.05, 4.69) is 6.58 Å². The van der Waals surface area contributed by atoms with Crippen molar-refractivity contribution >= 4 is 35.6 Å². The van der Waals surface area contributed by atoms with E-state index in [1.807, 2.05) is 6.92 Å². The van der Waals surface area contributed by atoms with Gasteiger partial charge in [-0.25, -0.2) is 0 Å². The summed E-state index contributed by atoms with van der Waals surface area (Å²) in [6.45, 7) is 15.8. The number of rotatable bonds is 5. The predicted molar refractivity (Wildman–Crippen MR) is 141 cm³/mol. The molecule has 4 rings (SSSR count). The number of carbonyl (C=O) groups is 6. The lowest BCUT2D eigenvalue weighted by atomic mass is 9.38. The number of carbonyl (C=O) groups excluding carboxylic acids is 6. The molecule has 1 spiro atoms. The van der Waals surface area contributed by atoms with Gasteiger partial charge in [-0.1, -0.05) is 27.4 Å². The second-order valence-corrected chi connectivity index (χ2v) is 12.9. The van der Waals surface area contributed by atoms with Gasteiger partial charge in [0.05, 0.1) is 5.41 Å². The van der Waals surface area contributed by atoms with Crippen LogP contribution in [-0.2, 0) is 52.5 Å². The van der Waals surface area contributed by atoms with Crippen LogP contribution >= 0.6 is 0 Å². The van der Waals surface area contributed by atoms with Gasteiger partial charge in [0.25, 0.3) is 0 Å². The van der Waals surface area contributed by atoms with Crippen molar-refractivity contribution in [3.63, 3.8) is 0 Å². The highest BCUT2D eigenvalue weighted by Crippen LogP contribution is 2.72. The Morgan fingerprint density at radius 1 is 0.683 bits per heavy atom. The number of hydrogen-bond donors (Lipinski definition) is 0. The zero-order valence-corrected chi connectivity index (χ0v) is 24.9. The summed E-state index contributed by atoms with van der Waals surface area (Å²) in [4.78, 5) is 76.6. The Balaban J connectivity index is 2.06. The van der Waals surface area contributed by atoms with E-state index in [4.69, 9.17) is 23.7 Å². The Bertz CT molecular complexity index is 1200. The Hall–Kier alpha value is -3.24. The lowest BCUT2D eigenvalue weighted by molar-refractivity contribution is -0.301. The number of esters is 5. The fraction of sp³-hybridized carbons (Fsp3) is 0.733. The van der Waals surface area contributed by atoms with E-state index >= 15 is 0 Å². The number of allylic oxidation sites excluding steroid dienone is 1. The van der Waals surface area contributed by atoms with Gasteiger partial charge in [-0.15, -0.1) is 0 Å². The van der Waals surface area contributed by atoms with Crippen LogP contribution in [0.4, 0.5) is 0 Å². The third-order valence-corrected chi connectivity index (χ3v) is 9.83. The van der Waals surface area contributed by atoms with Gasteiger partial charge in [-0.3, -0.25) is 28.8 Å². The maximum atomic E-state index is 14.3. The largest absolute Gasteiger partial charge is 0.462 e. The topological polar surface area (TPSA) is 149 Å². The van der Waals surface area contributed by atoms with Crippen molar-refractivity contribution in [2.45, 2.75) is 105 Å². The van der Waals surface area contributed by atoms with Crippen molar-refractivity contribution in [3.8, 4) is 0 Å². The van der Waals surface area contributed by atoms with Crippen molar-refractivity contribution in [2.24, 2.45) is 34.0 Å². The van der Waals surface area contributed by atoms with Crippen molar-refractivity contribution < 1.29 is 52.5 Å². The summed E-state index contributed by atoms with van der Waals surface area (Å²) in [5.74, 6) is -5.16. The number of fused-ring (bicyclic) bond motifs is 3. The van der Waals surface area contributed by atoms with Gasteiger partial charge >= 0.3 is 29.8 Å². The zero-order valence-electron chi connectivity index (χ0n) is 24.9. The molecule has 0 saturated heterocycles. The number of ether oxygens (including phenoxy) is 5. The monoisotopic (exact) mass is 576 g/mol. The van der Waals surface area contributed by atoms with Crippen LogP contribution in [-0.4, -0.2) is 66.1 Å². The second kappa shape index (κ2) is 10.2. The SMILES string of the molecule is C=C1C(=O)[C@]23C[C@H]1C[C@H](OC(C)=O)[C@H]2[C@]1(C)C[C@H](OC(C)=O)[C@H](OC(C)=O)C(C)(C)[C@H]1[C@@H](OC(C)=O)[C@@H]3OC(C)=O. The molecule has 0 aliphatic heterocycles. The summed E-state index contributed by atoms with van der Waals surface area (Å²) < 4.78 is 29.4. The summed E-state index contributed by atoms with van der Waals surface area (Å²) in [5.41, 5.74) is -3.16. The highest BCUT2D eigenvalue weighted by atomic mass is 16.6. The minimum absolute atomic E-state index is 0.0950. The Morgan fingerprint density at radius 2 is 1.17 bits per heavy atom. The smallest absolute Gasteiger partial charge is 0.303 e. The van der Waals surface area contributed by atoms with Crippen LogP contribution < -0.4 is 0 Å². The molecule has 11 nitrogen and oxygen atoms in total. The van der Waals surface area contributed by atoms with Crippen LogP contribution in [0.5, 0.6) is 0 Å². The first-order valence-corrected chi connectivity index (χ1v) is 14.0. The van der Waals surface area contributed by atoms with Gasteiger partial charge in [0, 0.05) is 51.9 Å². The second-order valence-electron chi connectivity index (χ2n) is 12.9. The fourth-order valence-electron chi connectivity index (χ4n) is 9.27. The molecule has 4 fully saturated rings. The Labute approximate surface area is 239 Å². The lowest BCUT2D eigenvalue weighted by Gasteiger charge is -2.68. The minimum atomic E-state index is -1.43. The quantitative estimate of drug-likeness (QED) is 0.270. The van der Waals surface area contributed by atoms with Crippen LogP contribution in [0.3, 0.4) is 0 Å². The molecule has 0 aromatic rings. The highest BCUT2D eigenvalue weighted by molar-refractivity contribution is 6.04. The standard InChI is InChI=1S/C30H40O11/c1-13-19-10-20(37-14(2)31)23-29(9)12-21(38-15(3)32)26(40-17(5)34)28(7,8)24(29)22(39-16(4)33)27(41-18(6)35)30(23,11-19)25(13)36/h19-24,26-27H,1,10-12H2,2-9H3/t19-,20+,21+,22-,23+,24-,26+,27+,29+,30+/m1/s1. The Morgan fingerprint density at radius 3 is 1.68 bits per heavy atom. The van der Waals surface area contributed by atoms with Gasteiger partial charge < -0.3 is 23.7 Å². The summed E-state index contributed by atoms with van der Waals surface area (Å²) in [6, 6.07) is 0. The first-order chi connectivity index (χ1) is 18.9. The molecule has 226 valence electrons. The highest BCUT2D eigenvalue weighted by Gasteiger charge is 2.79. The molecule has 0 aromatic carbocycles. The summed E-state index contributed by atoms with van der Waals surface area (Å²) in [5, 5.41) is 0. The van der Waals surface area contributed by atoms with Crippen LogP contribution in [0.1, 0.15) is 74.7 Å². The normalized spacial score (nSPS) is 40.4. The van der Waals surface area contributed by atoms with Gasteiger partial charge in [-0.05, 0) is 36.2 Å². The number of ketones is 1. The lowest BCUT2D eigenvalue weighted by Crippen LogP contribution is -2.76. The average Bonchev–Trinajstić information content (AvgIpc) is 2.98. The molecule has 41 heavy (non-hydrogen) atoms. The number of Topliss-reactive ketones (excluding diaryl/α,β-unsaturated/α-hetero) is 1. The first kappa shape index (κ1) is 30.7. The fourth-order valence-corrected chi connectivity index (χ4v) is 9.27. The molecule has 0 heterocycles. The molecule has 0 aromatic heterocycles. The number of hydrogen-bond acceptors (Lipinski definition) is 11. The summed E-state index contributed by atoms with van der Waals surface area (Å²) in [6.07, 6.45) is -4.37. The molecule has 10 atom stereocenters. The van der Waals surface area contributed by atoms with Crippen molar-refractivity contribution in [3.05, 3.63) is 12.2 Å². The molecular formula is C30H40O11. The maximum absolute atomic E-state index is 14.3. The molecular weight excluding hydrogens is 536 g/mol. The third kappa shape index (κ3) is 4.74. The summed E-state index contributed by atoms with van der Waals surface area (Å²) >= 11 is 0. The van der Waals surface area contributed by atoms with E-state index in [9.17, 15) is 28.8 Å². The molecule has 0 radical (unpaired) electrons. The summed E-state index contributed by atoms with van der Waals surface area (Å²) in [7, 11) is 0. The van der Waals surface area contributed by atoms with E-state index in [1.54, 1.807) is 13.8 Å². The molecule has 0 N–H and O–H groups in total. The van der Waals surface area contributed by atoms with E-state index in [0.29, 0.717) is 12.0 Å². The van der Waals surface area contributed by atoms with E-state index in [0.717, 1.165) is 0 Å². The van der Waals surface area contributed by atoms with E-state index < -0.39 is 88.4 Å². The third-order valence-electron chi connectivity index (χ3n) is 9.83. The molecule has 4 aliphatic rings. The van der Waals surface area contributed by atoms with Crippen molar-refractivity contribution in [1.29, 1.82) is 0 Å². The molecule has 4 aliphatic carbocycles. The van der Waals surface area contributed by atoms with Gasteiger partial charge in [0.2, 0.25) is 0 Å². The van der Waals surface area contributed by atoms with Crippen LogP contribution in [0.2, 0.25) is 0 Å². The van der Waals surface area contributed by atoms with Crippen LogP contribution in [0.25, 0.3) is 0 Å². The molecule has 4 saturated carbocycles. The molecule has 11 heteroatoms. The molecule has 2 bridgehead atoms. The molecule has 0 amide bonds. The maximum Gasteiger partial charge on any atom is 0.303 e. The van der Waals surface area contributed by atoms with E-state index in [1.165, 1.54) is 34.6 Å². The van der Waals surface area contributed by atoms with Crippen molar-refractivity contribution in [2.75, 3.05) is 0 Å². The Kier molecular flexibility index (Phi) is 7.67. The van der Waals surface area contributed by atoms with Crippen molar-refractivity contribution in [1.82, 2.24) is 0 Å². The van der Waals surface area contributed by atoms with E-state index in [-0.39, 0.29) is 24.5 Å². The van der Waals surface area contributed by atoms with Gasteiger partial charge in [-0.2, -0.15) is 0 Å².